The van der Waals surface area contributed by atoms with Gasteiger partial charge in [0.2, 0.25) is 0 Å². The van der Waals surface area contributed by atoms with Crippen LogP contribution in [0.2, 0.25) is 0 Å². The number of H-pyrrole nitrogens is 1. The maximum Gasteiger partial charge on any atom is 0.0675 e. The lowest BCUT2D eigenvalue weighted by Crippen LogP contribution is -2.56. The van der Waals surface area contributed by atoms with Gasteiger partial charge in [0.25, 0.3) is 0 Å². The van der Waals surface area contributed by atoms with Gasteiger partial charge in [0, 0.05) is 5.69 Å². The average Bonchev–Trinajstić information content (AvgIpc) is 3.06. The van der Waals surface area contributed by atoms with E-state index in [0.717, 1.165) is 30.1 Å². The van der Waals surface area contributed by atoms with Crippen molar-refractivity contribution in [1.82, 2.24) is 10.2 Å². The predicted molar refractivity (Wildman–Crippen MR) is 94.5 cm³/mol. The fraction of sp³-hybridized carbons (Fsp3) is 0.857. The number of hydrogen-bond acceptors (Lipinski definition) is 2. The Morgan fingerprint density at radius 2 is 1.88 bits per heavy atom. The molecule has 4 aliphatic carbocycles. The molecule has 3 fully saturated rings. The van der Waals surface area contributed by atoms with E-state index in [9.17, 15) is 5.11 Å². The van der Waals surface area contributed by atoms with Gasteiger partial charge in [-0.05, 0) is 98.4 Å². The highest BCUT2D eigenvalue weighted by molar-refractivity contribution is 5.26. The summed E-state index contributed by atoms with van der Waals surface area (Å²) in [5.74, 6) is 3.21. The molecule has 0 unspecified atom stereocenters. The number of aromatic amines is 1. The Labute approximate surface area is 145 Å². The number of fused-ring (bicyclic) bond motifs is 6. The summed E-state index contributed by atoms with van der Waals surface area (Å²) in [5.41, 5.74) is 3.01. The first-order valence-electron chi connectivity index (χ1n) is 10.1. The minimum Gasteiger partial charge on any atom is -0.390 e. The molecule has 0 radical (unpaired) electrons. The van der Waals surface area contributed by atoms with Crippen molar-refractivity contribution in [3.8, 4) is 0 Å². The molecule has 4 aliphatic rings. The van der Waals surface area contributed by atoms with Gasteiger partial charge in [-0.1, -0.05) is 13.8 Å². The number of nitrogens with zero attached hydrogens (tertiary/aromatic N) is 1. The third-order valence-electron chi connectivity index (χ3n) is 9.46. The molecule has 3 nitrogen and oxygen atoms in total. The van der Waals surface area contributed by atoms with Crippen molar-refractivity contribution >= 4 is 0 Å². The van der Waals surface area contributed by atoms with Gasteiger partial charge < -0.3 is 5.11 Å². The summed E-state index contributed by atoms with van der Waals surface area (Å²) in [6.45, 7) is 7.09. The predicted octanol–water partition coefficient (Wildman–Crippen LogP) is 4.12. The second-order valence-corrected chi connectivity index (χ2v) is 10.2. The zero-order valence-corrected chi connectivity index (χ0v) is 15.4. The first-order chi connectivity index (χ1) is 11.4. The normalized spacial score (nSPS) is 53.0. The molecule has 3 heteroatoms. The maximum absolute atomic E-state index is 11.0. The Balaban J connectivity index is 1.50. The van der Waals surface area contributed by atoms with Crippen molar-refractivity contribution in [1.29, 1.82) is 0 Å². The van der Waals surface area contributed by atoms with Gasteiger partial charge in [-0.15, -0.1) is 0 Å². The van der Waals surface area contributed by atoms with Gasteiger partial charge >= 0.3 is 0 Å². The van der Waals surface area contributed by atoms with E-state index >= 15 is 0 Å². The number of hydrogen-bond donors (Lipinski definition) is 2. The van der Waals surface area contributed by atoms with Crippen LogP contribution in [0.25, 0.3) is 0 Å². The third kappa shape index (κ3) is 1.75. The van der Waals surface area contributed by atoms with Gasteiger partial charge in [0.1, 0.15) is 0 Å². The van der Waals surface area contributed by atoms with Crippen molar-refractivity contribution in [3.05, 3.63) is 17.5 Å². The zero-order valence-electron chi connectivity index (χ0n) is 15.4. The molecule has 0 aliphatic heterocycles. The number of aliphatic hydroxyl groups is 1. The monoisotopic (exact) mass is 328 g/mol. The average molecular weight is 329 g/mol. The Hall–Kier alpha value is -0.830. The van der Waals surface area contributed by atoms with Crippen LogP contribution in [-0.4, -0.2) is 20.9 Å². The molecule has 0 amide bonds. The second kappa shape index (κ2) is 4.66. The standard InChI is InChI=1S/C21H32N2O/c1-19-11-13-12-22-23-18(13)10-14(19)4-5-15-16(19)6-8-20(2)17(15)7-9-21(20,3)24/h12,14-17,24H,4-11H2,1-3H3,(H,22,23)/t14-,15+,16+,17-,19-,20-,21-/m0/s1. The highest BCUT2D eigenvalue weighted by Crippen LogP contribution is 2.67. The summed E-state index contributed by atoms with van der Waals surface area (Å²) in [7, 11) is 0. The third-order valence-corrected chi connectivity index (χ3v) is 9.46. The van der Waals surface area contributed by atoms with E-state index in [2.05, 4.69) is 37.2 Å². The molecule has 0 aromatic carbocycles. The van der Waals surface area contributed by atoms with Crippen LogP contribution in [0.4, 0.5) is 0 Å². The molecule has 24 heavy (non-hydrogen) atoms. The van der Waals surface area contributed by atoms with Crippen LogP contribution in [-0.2, 0) is 12.8 Å². The van der Waals surface area contributed by atoms with E-state index in [4.69, 9.17) is 0 Å². The molecule has 7 atom stereocenters. The maximum atomic E-state index is 11.0. The summed E-state index contributed by atoms with van der Waals surface area (Å²) in [6.07, 6.45) is 12.0. The molecular weight excluding hydrogens is 296 g/mol. The topological polar surface area (TPSA) is 48.9 Å². The van der Waals surface area contributed by atoms with E-state index in [-0.39, 0.29) is 5.41 Å². The van der Waals surface area contributed by atoms with Gasteiger partial charge in [0.05, 0.1) is 11.8 Å². The second-order valence-electron chi connectivity index (χ2n) is 10.2. The zero-order chi connectivity index (χ0) is 16.7. The molecule has 3 saturated carbocycles. The molecule has 0 spiro atoms. The number of aromatic nitrogens is 2. The van der Waals surface area contributed by atoms with Crippen LogP contribution in [0.15, 0.2) is 6.20 Å². The summed E-state index contributed by atoms with van der Waals surface area (Å²) in [6, 6.07) is 0. The van der Waals surface area contributed by atoms with E-state index in [1.54, 1.807) is 0 Å². The van der Waals surface area contributed by atoms with E-state index in [1.165, 1.54) is 56.2 Å². The summed E-state index contributed by atoms with van der Waals surface area (Å²) >= 11 is 0. The fourth-order valence-electron chi connectivity index (χ4n) is 7.71. The Kier molecular flexibility index (Phi) is 3.00. The van der Waals surface area contributed by atoms with E-state index in [0.29, 0.717) is 5.41 Å². The fourth-order valence-corrected chi connectivity index (χ4v) is 7.71. The highest BCUT2D eigenvalue weighted by Gasteiger charge is 2.63. The SMILES string of the molecule is C[C@]12Cc3cn[nH]c3C[C@@H]1CC[C@@H]1[C@H]2CC[C@@]2(C)[C@H]1CC[C@]2(C)O. The lowest BCUT2D eigenvalue weighted by molar-refractivity contribution is -0.139. The van der Waals surface area contributed by atoms with Gasteiger partial charge in [-0.3, -0.25) is 5.10 Å². The first-order valence-corrected chi connectivity index (χ1v) is 10.1. The van der Waals surface area contributed by atoms with Crippen LogP contribution in [0.1, 0.15) is 70.6 Å². The van der Waals surface area contributed by atoms with Crippen molar-refractivity contribution in [2.24, 2.45) is 34.5 Å². The van der Waals surface area contributed by atoms with Crippen LogP contribution in [0, 0.1) is 34.5 Å². The Morgan fingerprint density at radius 3 is 2.71 bits per heavy atom. The van der Waals surface area contributed by atoms with Crippen molar-refractivity contribution < 1.29 is 5.11 Å². The van der Waals surface area contributed by atoms with Gasteiger partial charge in [-0.25, -0.2) is 0 Å². The number of nitrogens with one attached hydrogen (secondary N) is 1. The molecule has 1 heterocycles. The summed E-state index contributed by atoms with van der Waals surface area (Å²) < 4.78 is 0. The van der Waals surface area contributed by atoms with Crippen LogP contribution in [0.5, 0.6) is 0 Å². The minimum atomic E-state index is -0.454. The molecular formula is C21H32N2O. The Morgan fingerprint density at radius 1 is 1.08 bits per heavy atom. The molecule has 0 saturated heterocycles. The molecule has 132 valence electrons. The first kappa shape index (κ1) is 15.4. The molecule has 0 bridgehead atoms. The Bertz CT molecular complexity index is 665. The van der Waals surface area contributed by atoms with Crippen LogP contribution < -0.4 is 0 Å². The quantitative estimate of drug-likeness (QED) is 0.752. The molecule has 1 aromatic heterocycles. The molecule has 1 aromatic rings. The van der Waals surface area contributed by atoms with E-state index in [1.807, 2.05) is 0 Å². The summed E-state index contributed by atoms with van der Waals surface area (Å²) in [5, 5.41) is 18.6. The number of rotatable bonds is 0. The lowest BCUT2D eigenvalue weighted by Gasteiger charge is -2.60. The minimum absolute atomic E-state index is 0.146. The molecule has 2 N–H and O–H groups in total. The van der Waals surface area contributed by atoms with Crippen molar-refractivity contribution in [3.63, 3.8) is 0 Å². The van der Waals surface area contributed by atoms with Gasteiger partial charge in [0.15, 0.2) is 0 Å². The summed E-state index contributed by atoms with van der Waals surface area (Å²) in [4.78, 5) is 0. The van der Waals surface area contributed by atoms with Crippen LogP contribution in [0.3, 0.4) is 0 Å². The smallest absolute Gasteiger partial charge is 0.0675 e. The van der Waals surface area contributed by atoms with Crippen molar-refractivity contribution in [2.45, 2.75) is 77.7 Å². The van der Waals surface area contributed by atoms with Crippen LogP contribution >= 0.6 is 0 Å². The lowest BCUT2D eigenvalue weighted by atomic mass is 9.44. The molecule has 5 rings (SSSR count). The van der Waals surface area contributed by atoms with Gasteiger partial charge in [-0.2, -0.15) is 5.10 Å². The van der Waals surface area contributed by atoms with E-state index < -0.39 is 5.60 Å². The van der Waals surface area contributed by atoms with Crippen molar-refractivity contribution in [2.75, 3.05) is 0 Å². The highest BCUT2D eigenvalue weighted by atomic mass is 16.3. The largest absolute Gasteiger partial charge is 0.390 e.